The molecule has 0 saturated carbocycles. The van der Waals surface area contributed by atoms with Crippen LogP contribution in [0, 0.1) is 0 Å². The number of hydrogen-bond acceptors (Lipinski definition) is 16. The first kappa shape index (κ1) is 110. The van der Waals surface area contributed by atoms with Crippen molar-refractivity contribution in [3.05, 3.63) is 118 Å². The number of carbonyl (C=O) groups is 2. The first-order valence-electron chi connectivity index (χ1n) is 53.3. The van der Waals surface area contributed by atoms with Gasteiger partial charge in [-0.1, -0.05) is 388 Å². The second-order valence-corrected chi connectivity index (χ2v) is 43.4. The molecule has 0 spiro atoms. The topological polar surface area (TPSA) is 108 Å². The number of unbranched alkanes of at least 4 members (excludes halogenated alkanes) is 54. The largest absolute Gasteiger partial charge is 0.490 e. The lowest BCUT2D eigenvalue weighted by atomic mass is 10.1. The van der Waals surface area contributed by atoms with Crippen LogP contribution in [0.2, 0.25) is 0 Å². The van der Waals surface area contributed by atoms with Gasteiger partial charge in [-0.3, -0.25) is 0 Å². The third-order valence-electron chi connectivity index (χ3n) is 25.1. The molecule has 0 radical (unpaired) electrons. The highest BCUT2D eigenvalue weighted by molar-refractivity contribution is 7.30. The lowest BCUT2D eigenvalue weighted by Crippen LogP contribution is -2.11. The molecule has 8 aromatic rings. The highest BCUT2D eigenvalue weighted by Crippen LogP contribution is 2.48. The summed E-state index contributed by atoms with van der Waals surface area (Å²) in [5.41, 5.74) is 0.881. The fourth-order valence-electron chi connectivity index (χ4n) is 17.1. The molecule has 16 heteroatoms. The van der Waals surface area contributed by atoms with Crippen molar-refractivity contribution in [1.82, 2.24) is 0 Å². The molecule has 10 nitrogen and oxygen atoms in total. The lowest BCUT2D eigenvalue weighted by molar-refractivity contribution is 0.0499. The number of esters is 2. The zero-order valence-electron chi connectivity index (χ0n) is 82.3. The third kappa shape index (κ3) is 45.8. The molecule has 0 N–H and O–H groups in total. The standard InChI is InChI=1S/C114H174O10S6/c1-7-13-19-25-31-37-43-49-55-61-81-117-97-89-93(90-98(118-82-62-56-50-44-38-32-26-20-14-8-2)111(97)121-85-65-59-53-47-41-35-29-23-17-11-5)113(115)123-87-79-95-67-69-101(125-95)103-71-73-105(127-103)107-75-77-109(129-107)110-78-76-108(130-110)106-74-72-104(128-106)102-70-68-96(126-102)80-88-124-114(116)94-91-99(119-83-63-57-51-45-39-33-27-21-15-9-3)112(122-86-66-60-54-48-42-36-30-24-18-12-6)100(92-94)120-84-64-58-52-46-40-34-28-22-16-10-4/h67-78,89-92H,7-66,79-88H2,1-6H3. The summed E-state index contributed by atoms with van der Waals surface area (Å²) >= 11 is 10.9. The third-order valence-corrected chi connectivity index (χ3v) is 32.8. The fraction of sp³-hybridized carbons (Fsp3) is 0.667. The molecule has 0 aliphatic heterocycles. The zero-order chi connectivity index (χ0) is 91.4. The maximum absolute atomic E-state index is 14.2. The van der Waals surface area contributed by atoms with Crippen LogP contribution >= 0.6 is 68.0 Å². The SMILES string of the molecule is CCCCCCCCCCCCOc1cc(C(=O)OCCc2ccc(-c3ccc(-c4ccc(-c5ccc(-c6ccc(-c7ccc(CCOC(=O)c8cc(OCCCCCCCCCCCC)c(OCCCCCCCCCCCC)c(OCCCCCCCCCCCC)c8)s7)s6)s5)s4)s3)s2)cc(OCCCCCCCCCCCC)c1OCCCCCCCCCCCC. The minimum atomic E-state index is -0.371. The minimum absolute atomic E-state index is 0.269. The predicted molar refractivity (Wildman–Crippen MR) is 566 cm³/mol. The molecule has 0 fully saturated rings. The van der Waals surface area contributed by atoms with Crippen LogP contribution in [0.25, 0.3) is 48.8 Å². The van der Waals surface area contributed by atoms with Crippen molar-refractivity contribution in [1.29, 1.82) is 0 Å². The monoisotopic (exact) mass is 1900 g/mol. The maximum Gasteiger partial charge on any atom is 0.338 e. The first-order valence-corrected chi connectivity index (χ1v) is 58.2. The average Bonchev–Trinajstić information content (AvgIpc) is 1.74. The summed E-state index contributed by atoms with van der Waals surface area (Å²) in [6, 6.07) is 34.3. The molecule has 0 aliphatic carbocycles. The normalized spacial score (nSPS) is 11.5. The van der Waals surface area contributed by atoms with Crippen LogP contribution in [0.5, 0.6) is 34.5 Å². The van der Waals surface area contributed by atoms with Crippen LogP contribution in [-0.2, 0) is 22.3 Å². The molecule has 6 aromatic heterocycles. The van der Waals surface area contributed by atoms with E-state index in [1.54, 1.807) is 22.7 Å². The summed E-state index contributed by atoms with van der Waals surface area (Å²) in [5, 5.41) is 0. The Hall–Kier alpha value is -5.62. The van der Waals surface area contributed by atoms with E-state index in [1.165, 1.54) is 367 Å². The molecule has 6 heterocycles. The Morgan fingerprint density at radius 1 is 0.192 bits per heavy atom. The van der Waals surface area contributed by atoms with Crippen molar-refractivity contribution < 1.29 is 47.5 Å². The van der Waals surface area contributed by atoms with Gasteiger partial charge in [-0.25, -0.2) is 9.59 Å². The summed E-state index contributed by atoms with van der Waals surface area (Å²) in [6.07, 6.45) is 76.6. The van der Waals surface area contributed by atoms with Crippen molar-refractivity contribution >= 4 is 80.0 Å². The van der Waals surface area contributed by atoms with E-state index < -0.39 is 0 Å². The van der Waals surface area contributed by atoms with Crippen LogP contribution in [0.3, 0.4) is 0 Å². The van der Waals surface area contributed by atoms with Crippen LogP contribution < -0.4 is 28.4 Å². The van der Waals surface area contributed by atoms with Gasteiger partial charge in [0.2, 0.25) is 11.5 Å². The number of hydrogen-bond donors (Lipinski definition) is 0. The highest BCUT2D eigenvalue weighted by atomic mass is 32.1. The molecular formula is C114H174O10S6. The van der Waals surface area contributed by atoms with Crippen LogP contribution in [0.15, 0.2) is 97.1 Å². The second-order valence-electron chi connectivity index (χ2n) is 36.7. The van der Waals surface area contributed by atoms with E-state index in [0.717, 1.165) is 77.0 Å². The van der Waals surface area contributed by atoms with Crippen molar-refractivity contribution in [2.75, 3.05) is 52.9 Å². The number of ether oxygens (including phenoxy) is 8. The zero-order valence-corrected chi connectivity index (χ0v) is 87.2. The fourth-order valence-corrected chi connectivity index (χ4v) is 23.5. The van der Waals surface area contributed by atoms with E-state index in [4.69, 9.17) is 37.9 Å². The summed E-state index contributed by atoms with van der Waals surface area (Å²) in [7, 11) is 0. The van der Waals surface area contributed by atoms with Gasteiger partial charge < -0.3 is 37.9 Å². The Labute approximate surface area is 814 Å². The quantitative estimate of drug-likeness (QED) is 0.0270. The smallest absolute Gasteiger partial charge is 0.338 e. The molecule has 0 saturated heterocycles. The Balaban J connectivity index is 0.844. The van der Waals surface area contributed by atoms with Gasteiger partial charge in [0.05, 0.1) is 64.0 Å². The van der Waals surface area contributed by atoms with Gasteiger partial charge in [-0.15, -0.1) is 68.0 Å². The molecule has 0 atom stereocenters. The number of carbonyl (C=O) groups excluding carboxylic acids is 2. The molecule has 0 bridgehead atoms. The van der Waals surface area contributed by atoms with Crippen LogP contribution in [0.1, 0.15) is 457 Å². The second kappa shape index (κ2) is 71.8. The van der Waals surface area contributed by atoms with Gasteiger partial charge in [0, 0.05) is 71.4 Å². The van der Waals surface area contributed by atoms with E-state index in [1.807, 2.05) is 69.6 Å². The molecule has 8 rings (SSSR count). The first-order chi connectivity index (χ1) is 64.2. The van der Waals surface area contributed by atoms with E-state index in [2.05, 4.69) is 114 Å². The summed E-state index contributed by atoms with van der Waals surface area (Å²) in [6.45, 7) is 17.7. The van der Waals surface area contributed by atoms with Gasteiger partial charge in [0.25, 0.3) is 0 Å². The van der Waals surface area contributed by atoms with Crippen molar-refractivity contribution in [3.8, 4) is 83.3 Å². The maximum atomic E-state index is 14.2. The number of benzene rings is 2. The molecule has 0 aliphatic rings. The molecule has 130 heavy (non-hydrogen) atoms. The van der Waals surface area contributed by atoms with E-state index in [-0.39, 0.29) is 25.2 Å². The molecular weight excluding hydrogens is 1720 g/mol. The van der Waals surface area contributed by atoms with Gasteiger partial charge >= 0.3 is 11.9 Å². The number of rotatable bonds is 85. The summed E-state index contributed by atoms with van der Waals surface area (Å²) in [4.78, 5) is 43.3. The van der Waals surface area contributed by atoms with Gasteiger partial charge in [0.1, 0.15) is 0 Å². The van der Waals surface area contributed by atoms with Gasteiger partial charge in [-0.05, 0) is 136 Å². The van der Waals surface area contributed by atoms with Crippen molar-refractivity contribution in [2.45, 2.75) is 440 Å². The Bertz CT molecular complexity index is 3780. The lowest BCUT2D eigenvalue weighted by Gasteiger charge is -2.19. The van der Waals surface area contributed by atoms with Crippen molar-refractivity contribution in [2.24, 2.45) is 0 Å². The Kier molecular flexibility index (Phi) is 60.6. The van der Waals surface area contributed by atoms with Crippen molar-refractivity contribution in [3.63, 3.8) is 0 Å². The number of thiophene rings is 6. The molecule has 2 aromatic carbocycles. The van der Waals surface area contributed by atoms with E-state index in [9.17, 15) is 9.59 Å². The van der Waals surface area contributed by atoms with Crippen LogP contribution in [0.4, 0.5) is 0 Å². The van der Waals surface area contributed by atoms with Gasteiger partial charge in [0.15, 0.2) is 23.0 Å². The Morgan fingerprint density at radius 3 is 0.546 bits per heavy atom. The van der Waals surface area contributed by atoms with Crippen LogP contribution in [-0.4, -0.2) is 64.8 Å². The minimum Gasteiger partial charge on any atom is -0.490 e. The molecule has 0 amide bonds. The predicted octanol–water partition coefficient (Wildman–Crippen LogP) is 39.0. The Morgan fingerprint density at radius 2 is 0.354 bits per heavy atom. The highest BCUT2D eigenvalue weighted by Gasteiger charge is 2.24. The molecule has 0 unspecified atom stereocenters. The van der Waals surface area contributed by atoms with E-state index in [0.29, 0.717) is 98.1 Å². The molecule has 726 valence electrons. The van der Waals surface area contributed by atoms with Gasteiger partial charge in [-0.2, -0.15) is 0 Å². The average molecular weight is 1900 g/mol. The van der Waals surface area contributed by atoms with E-state index >= 15 is 0 Å². The summed E-state index contributed by atoms with van der Waals surface area (Å²) < 4.78 is 52.2. The summed E-state index contributed by atoms with van der Waals surface area (Å²) in [5.74, 6) is 2.84.